The van der Waals surface area contributed by atoms with Gasteiger partial charge in [0.1, 0.15) is 11.5 Å². The van der Waals surface area contributed by atoms with Gasteiger partial charge in [0, 0.05) is 10.8 Å². The predicted molar refractivity (Wildman–Crippen MR) is 102 cm³/mol. The van der Waals surface area contributed by atoms with Crippen LogP contribution >= 0.6 is 0 Å². The van der Waals surface area contributed by atoms with Crippen molar-refractivity contribution in [3.63, 3.8) is 0 Å². The van der Waals surface area contributed by atoms with Crippen LogP contribution < -0.4 is 4.74 Å². The Hall–Kier alpha value is -2.88. The Balaban J connectivity index is 0.000000415. The zero-order valence-electron chi connectivity index (χ0n) is 13.8. The summed E-state index contributed by atoms with van der Waals surface area (Å²) in [5.41, 5.74) is 0. The molecule has 0 radical (unpaired) electrons. The van der Waals surface area contributed by atoms with E-state index >= 15 is 0 Å². The molecule has 3 nitrogen and oxygen atoms in total. The minimum atomic E-state index is -0.125. The number of hydrogen-bond acceptors (Lipinski definition) is 3. The van der Waals surface area contributed by atoms with Crippen LogP contribution in [0.15, 0.2) is 84.9 Å². The Labute approximate surface area is 146 Å². The van der Waals surface area contributed by atoms with Gasteiger partial charge >= 0.3 is 0 Å². The maximum absolute atomic E-state index is 7.62. The van der Waals surface area contributed by atoms with Crippen LogP contribution in [0.1, 0.15) is 0 Å². The maximum atomic E-state index is 7.62. The van der Waals surface area contributed by atoms with Gasteiger partial charge in [0.25, 0.3) is 0 Å². The van der Waals surface area contributed by atoms with Gasteiger partial charge in [0.05, 0.1) is 13.2 Å². The molecule has 3 heteroatoms. The van der Waals surface area contributed by atoms with Crippen molar-refractivity contribution in [1.29, 1.82) is 0 Å². The van der Waals surface area contributed by atoms with Crippen molar-refractivity contribution < 1.29 is 14.9 Å². The highest BCUT2D eigenvalue weighted by molar-refractivity contribution is 5.91. The fourth-order valence-corrected chi connectivity index (χ4v) is 2.69. The Morgan fingerprint density at radius 3 is 1.36 bits per heavy atom. The van der Waals surface area contributed by atoms with Crippen molar-refractivity contribution in [2.45, 2.75) is 0 Å². The molecule has 0 aliphatic carbocycles. The zero-order chi connectivity index (χ0) is 17.5. The van der Waals surface area contributed by atoms with Crippen LogP contribution in [0.3, 0.4) is 0 Å². The van der Waals surface area contributed by atoms with Gasteiger partial charge in [-0.2, -0.15) is 0 Å². The second kappa shape index (κ2) is 8.29. The quantitative estimate of drug-likeness (QED) is 0.569. The summed E-state index contributed by atoms with van der Waals surface area (Å²) in [6.07, 6.45) is 0. The molecule has 0 aliphatic rings. The Kier molecular flexibility index (Phi) is 5.62. The highest BCUT2D eigenvalue weighted by atomic mass is 16.5. The molecule has 0 saturated carbocycles. The van der Waals surface area contributed by atoms with Crippen molar-refractivity contribution in [3.8, 4) is 11.5 Å². The smallest absolute Gasteiger partial charge is 0.135 e. The summed E-state index contributed by atoms with van der Waals surface area (Å²) in [6.45, 7) is -0.250. The van der Waals surface area contributed by atoms with Gasteiger partial charge in [-0.25, -0.2) is 0 Å². The van der Waals surface area contributed by atoms with Gasteiger partial charge < -0.3 is 14.9 Å². The molecule has 0 heterocycles. The number of fused-ring (bicyclic) bond motifs is 2. The summed E-state index contributed by atoms with van der Waals surface area (Å²) in [7, 11) is 0. The van der Waals surface area contributed by atoms with Crippen LogP contribution in [0.25, 0.3) is 21.5 Å². The lowest BCUT2D eigenvalue weighted by molar-refractivity contribution is 0.186. The summed E-state index contributed by atoms with van der Waals surface area (Å²) in [6, 6.07) is 28.9. The molecule has 4 aromatic rings. The largest absolute Gasteiger partial charge is 0.456 e. The van der Waals surface area contributed by atoms with Crippen molar-refractivity contribution >= 4 is 21.5 Å². The number of hydrogen-bond donors (Lipinski definition) is 2. The molecule has 0 spiro atoms. The lowest BCUT2D eigenvalue weighted by atomic mass is 10.1. The normalized spacial score (nSPS) is 10.3. The van der Waals surface area contributed by atoms with E-state index in [0.717, 1.165) is 22.3 Å². The first kappa shape index (κ1) is 17.0. The lowest BCUT2D eigenvalue weighted by Gasteiger charge is -2.11. The number of aliphatic hydroxyl groups excluding tert-OH is 2. The molecule has 126 valence electrons. The predicted octanol–water partition coefficient (Wildman–Crippen LogP) is 4.76. The Morgan fingerprint density at radius 2 is 0.920 bits per heavy atom. The molecule has 4 aromatic carbocycles. The summed E-state index contributed by atoms with van der Waals surface area (Å²) in [5.74, 6) is 1.79. The zero-order valence-corrected chi connectivity index (χ0v) is 13.8. The molecule has 0 aromatic heterocycles. The van der Waals surface area contributed by atoms with Gasteiger partial charge in [0.2, 0.25) is 0 Å². The van der Waals surface area contributed by atoms with Crippen LogP contribution in [-0.4, -0.2) is 23.4 Å². The van der Waals surface area contributed by atoms with E-state index in [2.05, 4.69) is 36.4 Å². The van der Waals surface area contributed by atoms with Crippen LogP contribution in [0.2, 0.25) is 0 Å². The topological polar surface area (TPSA) is 49.7 Å². The minimum absolute atomic E-state index is 0.125. The van der Waals surface area contributed by atoms with Crippen molar-refractivity contribution in [2.75, 3.05) is 13.2 Å². The fourth-order valence-electron chi connectivity index (χ4n) is 2.69. The average Bonchev–Trinajstić information content (AvgIpc) is 2.69. The van der Waals surface area contributed by atoms with E-state index in [4.69, 9.17) is 14.9 Å². The molecule has 0 bridgehead atoms. The third kappa shape index (κ3) is 3.97. The molecule has 0 aliphatic heterocycles. The maximum Gasteiger partial charge on any atom is 0.135 e. The summed E-state index contributed by atoms with van der Waals surface area (Å²) in [5, 5.41) is 19.9. The van der Waals surface area contributed by atoms with Crippen LogP contribution in [0.5, 0.6) is 11.5 Å². The minimum Gasteiger partial charge on any atom is -0.456 e. The molecule has 0 amide bonds. The van der Waals surface area contributed by atoms with E-state index < -0.39 is 0 Å². The van der Waals surface area contributed by atoms with Gasteiger partial charge in [-0.1, -0.05) is 72.8 Å². The van der Waals surface area contributed by atoms with E-state index in [1.165, 1.54) is 10.8 Å². The molecular formula is C22H20O3. The number of rotatable bonds is 3. The summed E-state index contributed by atoms with van der Waals surface area (Å²) >= 11 is 0. The summed E-state index contributed by atoms with van der Waals surface area (Å²) in [4.78, 5) is 0. The summed E-state index contributed by atoms with van der Waals surface area (Å²) < 4.78 is 6.20. The third-order valence-electron chi connectivity index (χ3n) is 3.82. The van der Waals surface area contributed by atoms with E-state index in [-0.39, 0.29) is 13.2 Å². The van der Waals surface area contributed by atoms with Crippen molar-refractivity contribution in [2.24, 2.45) is 0 Å². The second-order valence-electron chi connectivity index (χ2n) is 5.50. The van der Waals surface area contributed by atoms with Gasteiger partial charge in [-0.05, 0) is 22.9 Å². The molecular weight excluding hydrogens is 312 g/mol. The highest BCUT2D eigenvalue weighted by Gasteiger charge is 2.05. The van der Waals surface area contributed by atoms with E-state index in [9.17, 15) is 0 Å². The standard InChI is InChI=1S/C20H14O.C2H6O2/c1-3-11-17-15(7-1)9-5-13-19(17)21-20-14-6-10-16-8-2-4-12-18(16)20;3-1-2-4/h1-14H;3-4H,1-2H2. The van der Waals surface area contributed by atoms with Gasteiger partial charge in [-0.3, -0.25) is 0 Å². The fraction of sp³-hybridized carbons (Fsp3) is 0.0909. The molecule has 0 unspecified atom stereocenters. The van der Waals surface area contributed by atoms with Crippen LogP contribution in [0.4, 0.5) is 0 Å². The van der Waals surface area contributed by atoms with Crippen molar-refractivity contribution in [1.82, 2.24) is 0 Å². The first-order valence-electron chi connectivity index (χ1n) is 8.18. The van der Waals surface area contributed by atoms with Crippen LogP contribution in [0, 0.1) is 0 Å². The number of aliphatic hydroxyl groups is 2. The molecule has 0 fully saturated rings. The lowest BCUT2D eigenvalue weighted by Crippen LogP contribution is -1.87. The van der Waals surface area contributed by atoms with Gasteiger partial charge in [-0.15, -0.1) is 0 Å². The van der Waals surface area contributed by atoms with Crippen LogP contribution in [-0.2, 0) is 0 Å². The first-order chi connectivity index (χ1) is 12.3. The molecule has 2 N–H and O–H groups in total. The molecule has 0 atom stereocenters. The molecule has 25 heavy (non-hydrogen) atoms. The molecule has 0 saturated heterocycles. The third-order valence-corrected chi connectivity index (χ3v) is 3.82. The number of benzene rings is 4. The van der Waals surface area contributed by atoms with E-state index in [1.807, 2.05) is 48.5 Å². The number of ether oxygens (including phenoxy) is 1. The second-order valence-corrected chi connectivity index (χ2v) is 5.50. The van der Waals surface area contributed by atoms with Gasteiger partial charge in [0.15, 0.2) is 0 Å². The monoisotopic (exact) mass is 332 g/mol. The SMILES string of the molecule is OCCO.c1ccc2c(Oc3cccc4ccccc34)cccc2c1. The average molecular weight is 332 g/mol. The first-order valence-corrected chi connectivity index (χ1v) is 8.18. The van der Waals surface area contributed by atoms with E-state index in [0.29, 0.717) is 0 Å². The Morgan fingerprint density at radius 1 is 0.520 bits per heavy atom. The van der Waals surface area contributed by atoms with E-state index in [1.54, 1.807) is 0 Å². The highest BCUT2D eigenvalue weighted by Crippen LogP contribution is 2.33. The molecule has 4 rings (SSSR count). The Bertz CT molecular complexity index is 873. The van der Waals surface area contributed by atoms with Crippen molar-refractivity contribution in [3.05, 3.63) is 84.9 Å².